The van der Waals surface area contributed by atoms with Gasteiger partial charge in [0.15, 0.2) is 5.13 Å². The van der Waals surface area contributed by atoms with Crippen molar-refractivity contribution in [1.29, 1.82) is 0 Å². The summed E-state index contributed by atoms with van der Waals surface area (Å²) in [5, 5.41) is 19.3. The topological polar surface area (TPSA) is 106 Å². The van der Waals surface area contributed by atoms with Crippen LogP contribution in [-0.4, -0.2) is 44.1 Å². The van der Waals surface area contributed by atoms with Crippen LogP contribution in [0.25, 0.3) is 16.9 Å². The number of carbonyl (C=O) groups is 1. The minimum atomic E-state index is -0.438. The molecule has 0 saturated carbocycles. The molecule has 3 heterocycles. The number of carbonyl (C=O) groups excluding carboxylic acids is 1. The molecule has 0 aliphatic carbocycles. The zero-order valence-corrected chi connectivity index (χ0v) is 19.3. The Labute approximate surface area is 199 Å². The number of nitrogens with one attached hydrogen (secondary N) is 1. The molecular weight excluding hydrogens is 452 g/mol. The normalized spacial score (nSPS) is 13.4. The molecule has 34 heavy (non-hydrogen) atoms. The van der Waals surface area contributed by atoms with Gasteiger partial charge in [-0.15, -0.1) is 11.3 Å². The van der Waals surface area contributed by atoms with Gasteiger partial charge in [0.2, 0.25) is 5.91 Å². The first kappa shape index (κ1) is 21.9. The number of likely N-dealkylation sites (N-methyl/N-ethyl adjacent to an activating group) is 1. The fourth-order valence-electron chi connectivity index (χ4n) is 3.95. The highest BCUT2D eigenvalue weighted by Gasteiger charge is 2.21. The molecular formula is C24H22N6O3S. The summed E-state index contributed by atoms with van der Waals surface area (Å²) in [4.78, 5) is 31.6. The standard InChI is InChI=1S/C24H22N6O3S/c1-28-12-11-20-21(15-28)34-24(25-20)26-22(31)13-17-14-29(18-5-3-2-4-6-18)27-23(17)16-7-9-19(10-8-16)30(32)33/h2-10,14H,11-13,15H2,1H3,(H,25,26,31). The molecule has 1 amide bonds. The van der Waals surface area contributed by atoms with Crippen LogP contribution < -0.4 is 5.32 Å². The Balaban J connectivity index is 1.42. The predicted octanol–water partition coefficient (Wildman–Crippen LogP) is 4.07. The average Bonchev–Trinajstić information content (AvgIpc) is 3.43. The fraction of sp³-hybridized carbons (Fsp3) is 0.208. The van der Waals surface area contributed by atoms with Crippen LogP contribution in [0.1, 0.15) is 16.1 Å². The molecule has 9 nitrogen and oxygen atoms in total. The van der Waals surface area contributed by atoms with Crippen LogP contribution in [0, 0.1) is 10.1 Å². The molecule has 4 aromatic rings. The Morgan fingerprint density at radius 1 is 1.18 bits per heavy atom. The summed E-state index contributed by atoms with van der Waals surface area (Å²) in [7, 11) is 2.07. The molecule has 1 aliphatic heterocycles. The summed E-state index contributed by atoms with van der Waals surface area (Å²) in [5.74, 6) is -0.185. The Morgan fingerprint density at radius 2 is 1.94 bits per heavy atom. The molecule has 1 N–H and O–H groups in total. The number of benzene rings is 2. The smallest absolute Gasteiger partial charge is 0.269 e. The Hall–Kier alpha value is -3.89. The van der Waals surface area contributed by atoms with Crippen LogP contribution in [0.5, 0.6) is 0 Å². The van der Waals surface area contributed by atoms with Gasteiger partial charge in [-0.25, -0.2) is 9.67 Å². The number of para-hydroxylation sites is 1. The zero-order chi connectivity index (χ0) is 23.7. The van der Waals surface area contributed by atoms with Crippen LogP contribution in [0.2, 0.25) is 0 Å². The number of thiazole rings is 1. The van der Waals surface area contributed by atoms with Gasteiger partial charge in [0.25, 0.3) is 5.69 Å². The molecule has 0 spiro atoms. The van der Waals surface area contributed by atoms with Crippen molar-refractivity contribution in [2.24, 2.45) is 0 Å². The number of fused-ring (bicyclic) bond motifs is 1. The molecule has 0 radical (unpaired) electrons. The number of nitro benzene ring substituents is 1. The van der Waals surface area contributed by atoms with Crippen LogP contribution >= 0.6 is 11.3 Å². The van der Waals surface area contributed by atoms with Crippen molar-refractivity contribution in [1.82, 2.24) is 19.7 Å². The zero-order valence-electron chi connectivity index (χ0n) is 18.5. The summed E-state index contributed by atoms with van der Waals surface area (Å²) >= 11 is 1.52. The Kier molecular flexibility index (Phi) is 5.91. The fourth-order valence-corrected chi connectivity index (χ4v) is 5.05. The summed E-state index contributed by atoms with van der Waals surface area (Å²) in [6.45, 7) is 1.80. The second kappa shape index (κ2) is 9.16. The number of nitrogens with zero attached hydrogens (tertiary/aromatic N) is 5. The van der Waals surface area contributed by atoms with Crippen molar-refractivity contribution in [2.75, 3.05) is 18.9 Å². The van der Waals surface area contributed by atoms with E-state index in [0.29, 0.717) is 16.4 Å². The van der Waals surface area contributed by atoms with Gasteiger partial charge in [0.05, 0.1) is 28.4 Å². The van der Waals surface area contributed by atoms with Gasteiger partial charge < -0.3 is 10.2 Å². The number of hydrogen-bond acceptors (Lipinski definition) is 7. The van der Waals surface area contributed by atoms with Crippen molar-refractivity contribution in [2.45, 2.75) is 19.4 Å². The van der Waals surface area contributed by atoms with Gasteiger partial charge in [-0.05, 0) is 31.3 Å². The molecule has 0 fully saturated rings. The largest absolute Gasteiger partial charge is 0.302 e. The van der Waals surface area contributed by atoms with E-state index < -0.39 is 4.92 Å². The first-order chi connectivity index (χ1) is 16.5. The minimum Gasteiger partial charge on any atom is -0.302 e. The lowest BCUT2D eigenvalue weighted by atomic mass is 10.1. The Morgan fingerprint density at radius 3 is 2.68 bits per heavy atom. The van der Waals surface area contributed by atoms with Crippen molar-refractivity contribution in [3.63, 3.8) is 0 Å². The van der Waals surface area contributed by atoms with E-state index in [2.05, 4.69) is 22.2 Å². The van der Waals surface area contributed by atoms with Gasteiger partial charge in [-0.1, -0.05) is 18.2 Å². The molecule has 0 bridgehead atoms. The van der Waals surface area contributed by atoms with E-state index in [-0.39, 0.29) is 18.0 Å². The summed E-state index contributed by atoms with van der Waals surface area (Å²) in [6.07, 6.45) is 2.81. The summed E-state index contributed by atoms with van der Waals surface area (Å²) in [5.41, 5.74) is 3.95. The second-order valence-corrected chi connectivity index (χ2v) is 9.27. The van der Waals surface area contributed by atoms with Crippen molar-refractivity contribution in [3.8, 4) is 16.9 Å². The van der Waals surface area contributed by atoms with E-state index in [1.807, 2.05) is 36.5 Å². The third-order valence-corrected chi connectivity index (χ3v) is 6.68. The van der Waals surface area contributed by atoms with Gasteiger partial charge in [-0.2, -0.15) is 5.10 Å². The van der Waals surface area contributed by atoms with Crippen molar-refractivity contribution < 1.29 is 9.72 Å². The second-order valence-electron chi connectivity index (χ2n) is 8.19. The first-order valence-corrected chi connectivity index (χ1v) is 11.6. The lowest BCUT2D eigenvalue weighted by molar-refractivity contribution is -0.384. The highest BCUT2D eigenvalue weighted by molar-refractivity contribution is 7.15. The van der Waals surface area contributed by atoms with Gasteiger partial charge in [0.1, 0.15) is 0 Å². The summed E-state index contributed by atoms with van der Waals surface area (Å²) in [6, 6.07) is 15.8. The van der Waals surface area contributed by atoms with E-state index in [1.54, 1.807) is 16.8 Å². The first-order valence-electron chi connectivity index (χ1n) is 10.8. The maximum atomic E-state index is 13.0. The van der Waals surface area contributed by atoms with E-state index in [4.69, 9.17) is 5.10 Å². The van der Waals surface area contributed by atoms with E-state index in [0.717, 1.165) is 36.5 Å². The van der Waals surface area contributed by atoms with Crippen LogP contribution in [0.4, 0.5) is 10.8 Å². The van der Waals surface area contributed by atoms with E-state index in [9.17, 15) is 14.9 Å². The molecule has 0 saturated heterocycles. The highest BCUT2D eigenvalue weighted by atomic mass is 32.1. The molecule has 10 heteroatoms. The number of hydrogen-bond donors (Lipinski definition) is 1. The number of anilines is 1. The summed E-state index contributed by atoms with van der Waals surface area (Å²) < 4.78 is 1.72. The third-order valence-electron chi connectivity index (χ3n) is 5.68. The molecule has 172 valence electrons. The monoisotopic (exact) mass is 474 g/mol. The van der Waals surface area contributed by atoms with E-state index >= 15 is 0 Å². The molecule has 1 aliphatic rings. The Bertz CT molecular complexity index is 1350. The van der Waals surface area contributed by atoms with Crippen LogP contribution in [-0.2, 0) is 24.2 Å². The lowest BCUT2D eigenvalue weighted by Gasteiger charge is -2.20. The molecule has 0 atom stereocenters. The van der Waals surface area contributed by atoms with Crippen LogP contribution in [0.15, 0.2) is 60.8 Å². The molecule has 5 rings (SSSR count). The van der Waals surface area contributed by atoms with Crippen molar-refractivity contribution >= 4 is 28.1 Å². The number of amides is 1. The van der Waals surface area contributed by atoms with Crippen LogP contribution in [0.3, 0.4) is 0 Å². The minimum absolute atomic E-state index is 0.00363. The highest BCUT2D eigenvalue weighted by Crippen LogP contribution is 2.29. The lowest BCUT2D eigenvalue weighted by Crippen LogP contribution is -2.25. The third kappa shape index (κ3) is 4.59. The molecule has 0 unspecified atom stereocenters. The van der Waals surface area contributed by atoms with Gasteiger partial charge in [-0.3, -0.25) is 14.9 Å². The van der Waals surface area contributed by atoms with Gasteiger partial charge >= 0.3 is 0 Å². The molecule has 2 aromatic carbocycles. The average molecular weight is 475 g/mol. The van der Waals surface area contributed by atoms with E-state index in [1.165, 1.54) is 28.3 Å². The van der Waals surface area contributed by atoms with Gasteiger partial charge in [0, 0.05) is 53.8 Å². The number of aromatic nitrogens is 3. The number of non-ortho nitro benzene ring substituents is 1. The SMILES string of the molecule is CN1CCc2nc(NC(=O)Cc3cn(-c4ccccc4)nc3-c3ccc([N+](=O)[O-])cc3)sc2C1. The maximum absolute atomic E-state index is 13.0. The van der Waals surface area contributed by atoms with Crippen molar-refractivity contribution in [3.05, 3.63) is 87.0 Å². The predicted molar refractivity (Wildman–Crippen MR) is 130 cm³/mol. The maximum Gasteiger partial charge on any atom is 0.269 e. The number of nitro groups is 1. The number of rotatable bonds is 6. The quantitative estimate of drug-likeness (QED) is 0.333. The molecule has 2 aromatic heterocycles.